The van der Waals surface area contributed by atoms with Gasteiger partial charge in [-0.15, -0.1) is 0 Å². The van der Waals surface area contributed by atoms with E-state index in [-0.39, 0.29) is 0 Å². The van der Waals surface area contributed by atoms with Gasteiger partial charge in [0.2, 0.25) is 0 Å². The third-order valence-corrected chi connectivity index (χ3v) is 1.15. The molecule has 0 aliphatic carbocycles. The number of hydrogen-bond donors (Lipinski definition) is 0. The van der Waals surface area contributed by atoms with Crippen molar-refractivity contribution in [1.82, 2.24) is 10.2 Å². The molecule has 0 aliphatic rings. The molecule has 1 aromatic heterocycles. The average Bonchev–Trinajstić information content (AvgIpc) is 2.19. The van der Waals surface area contributed by atoms with Crippen molar-refractivity contribution in [3.63, 3.8) is 0 Å². The maximum absolute atomic E-state index is 3.90. The third-order valence-electron chi connectivity index (χ3n) is 1.15. The highest BCUT2D eigenvalue weighted by atomic mass is 15.1. The van der Waals surface area contributed by atoms with Crippen LogP contribution in [0.3, 0.4) is 0 Å². The Morgan fingerprint density at radius 3 is 2.31 bits per heavy atom. The van der Waals surface area contributed by atoms with Gasteiger partial charge in [0, 0.05) is 6.20 Å². The Balaban J connectivity index is 0.000000671. The fraction of sp³-hybridized carbons (Fsp3) is 0.273. The predicted octanol–water partition coefficient (Wildman–Crippen LogP) is 2.94. The van der Waals surface area contributed by atoms with Crippen LogP contribution >= 0.6 is 0 Å². The topological polar surface area (TPSA) is 25.8 Å². The lowest BCUT2D eigenvalue weighted by Crippen LogP contribution is -1.76. The molecular formula is C11H16N2. The zero-order chi connectivity index (χ0) is 9.94. The second kappa shape index (κ2) is 8.65. The highest BCUT2D eigenvalue weighted by Gasteiger charge is 1.72. The Morgan fingerprint density at radius 1 is 0.923 bits per heavy atom. The van der Waals surface area contributed by atoms with Crippen molar-refractivity contribution in [2.45, 2.75) is 20.8 Å². The Bertz CT molecular complexity index is 245. The van der Waals surface area contributed by atoms with E-state index in [2.05, 4.69) is 10.2 Å². The van der Waals surface area contributed by atoms with Crippen molar-refractivity contribution in [2.75, 3.05) is 0 Å². The van der Waals surface area contributed by atoms with E-state index in [0.29, 0.717) is 0 Å². The molecule has 0 aliphatic heterocycles. The van der Waals surface area contributed by atoms with Crippen molar-refractivity contribution >= 4 is 0 Å². The van der Waals surface area contributed by atoms with E-state index in [1.165, 1.54) is 0 Å². The number of hydrogen-bond acceptors (Lipinski definition) is 2. The monoisotopic (exact) mass is 176 g/mol. The average molecular weight is 176 g/mol. The Labute approximate surface area is 80.0 Å². The first-order chi connectivity index (χ1) is 6.39. The molecule has 0 atom stereocenters. The molecule has 2 heteroatoms. The van der Waals surface area contributed by atoms with Gasteiger partial charge in [-0.05, 0) is 19.1 Å². The molecule has 1 heterocycles. The van der Waals surface area contributed by atoms with Gasteiger partial charge in [-0.2, -0.15) is 10.2 Å². The quantitative estimate of drug-likeness (QED) is 0.607. The lowest BCUT2D eigenvalue weighted by molar-refractivity contribution is 0.997. The van der Waals surface area contributed by atoms with Crippen molar-refractivity contribution in [1.29, 1.82) is 0 Å². The minimum absolute atomic E-state index is 0.904. The lowest BCUT2D eigenvalue weighted by Gasteiger charge is -1.78. The highest BCUT2D eigenvalue weighted by Crippen LogP contribution is 1.82. The van der Waals surface area contributed by atoms with Gasteiger partial charge in [-0.25, -0.2) is 0 Å². The van der Waals surface area contributed by atoms with Crippen molar-refractivity contribution in [3.8, 4) is 0 Å². The van der Waals surface area contributed by atoms with Gasteiger partial charge in [-0.3, -0.25) is 0 Å². The number of nitrogens with zero attached hydrogens (tertiary/aromatic N) is 2. The van der Waals surface area contributed by atoms with Crippen molar-refractivity contribution in [2.24, 2.45) is 0 Å². The van der Waals surface area contributed by atoms with Crippen LogP contribution in [-0.4, -0.2) is 10.2 Å². The first-order valence-corrected chi connectivity index (χ1v) is 4.47. The molecule has 13 heavy (non-hydrogen) atoms. The summed E-state index contributed by atoms with van der Waals surface area (Å²) in [4.78, 5) is 0. The van der Waals surface area contributed by atoms with Crippen LogP contribution in [-0.2, 0) is 0 Å². The maximum Gasteiger partial charge on any atom is 0.0599 e. The molecule has 1 aromatic rings. The Kier molecular flexibility index (Phi) is 7.70. The molecule has 0 saturated carbocycles. The zero-order valence-electron chi connectivity index (χ0n) is 8.44. The second-order valence-corrected chi connectivity index (χ2v) is 2.13. The first-order valence-electron chi connectivity index (χ1n) is 4.47. The SMILES string of the molecule is CC.Cc1cccccccnn1. The molecule has 0 spiro atoms. The minimum Gasteiger partial charge on any atom is -0.159 e. The van der Waals surface area contributed by atoms with Gasteiger partial charge in [0.25, 0.3) is 0 Å². The molecule has 0 bridgehead atoms. The number of rotatable bonds is 0. The molecule has 0 unspecified atom stereocenters. The van der Waals surface area contributed by atoms with Crippen LogP contribution in [0.4, 0.5) is 0 Å². The van der Waals surface area contributed by atoms with E-state index >= 15 is 0 Å². The summed E-state index contributed by atoms with van der Waals surface area (Å²) in [5, 5.41) is 7.70. The Morgan fingerprint density at radius 2 is 1.54 bits per heavy atom. The fourth-order valence-corrected chi connectivity index (χ4v) is 0.633. The van der Waals surface area contributed by atoms with Crippen LogP contribution < -0.4 is 0 Å². The summed E-state index contributed by atoms with van der Waals surface area (Å²) in [6, 6.07) is 11.5. The van der Waals surface area contributed by atoms with Crippen molar-refractivity contribution in [3.05, 3.63) is 48.3 Å². The minimum atomic E-state index is 0.904. The molecule has 0 radical (unpaired) electrons. The smallest absolute Gasteiger partial charge is 0.0599 e. The van der Waals surface area contributed by atoms with Gasteiger partial charge >= 0.3 is 0 Å². The predicted molar refractivity (Wildman–Crippen MR) is 55.7 cm³/mol. The highest BCUT2D eigenvalue weighted by molar-refractivity contribution is 4.98. The molecule has 0 saturated heterocycles. The summed E-state index contributed by atoms with van der Waals surface area (Å²) >= 11 is 0. The third kappa shape index (κ3) is 6.94. The van der Waals surface area contributed by atoms with E-state index in [4.69, 9.17) is 0 Å². The van der Waals surface area contributed by atoms with Crippen LogP contribution in [0.5, 0.6) is 0 Å². The van der Waals surface area contributed by atoms with Gasteiger partial charge in [-0.1, -0.05) is 38.1 Å². The van der Waals surface area contributed by atoms with Gasteiger partial charge in [0.15, 0.2) is 0 Å². The van der Waals surface area contributed by atoms with Crippen LogP contribution in [0, 0.1) is 6.92 Å². The zero-order valence-corrected chi connectivity index (χ0v) is 8.44. The molecule has 70 valence electrons. The van der Waals surface area contributed by atoms with E-state index in [0.717, 1.165) is 5.69 Å². The van der Waals surface area contributed by atoms with Gasteiger partial charge < -0.3 is 0 Å². The van der Waals surface area contributed by atoms with Crippen LogP contribution in [0.1, 0.15) is 19.5 Å². The first kappa shape index (κ1) is 11.6. The summed E-state index contributed by atoms with van der Waals surface area (Å²) in [7, 11) is 0. The molecule has 1 rings (SSSR count). The van der Waals surface area contributed by atoms with E-state index in [9.17, 15) is 0 Å². The van der Waals surface area contributed by atoms with E-state index in [1.807, 2.05) is 57.2 Å². The number of aryl methyl sites for hydroxylation is 1. The standard InChI is InChI=1S/C9H10N2.C2H6/c1-9-7-5-3-2-4-6-8-10-11-9;1-2/h2-8H,1H3;1-2H3. The molecular weight excluding hydrogens is 160 g/mol. The summed E-state index contributed by atoms with van der Waals surface area (Å²) in [6.07, 6.45) is 1.66. The molecule has 0 amide bonds. The lowest BCUT2D eigenvalue weighted by atomic mass is 10.4. The van der Waals surface area contributed by atoms with Crippen LogP contribution in [0.25, 0.3) is 0 Å². The largest absolute Gasteiger partial charge is 0.159 e. The molecule has 0 fully saturated rings. The molecule has 0 aromatic carbocycles. The van der Waals surface area contributed by atoms with E-state index < -0.39 is 0 Å². The van der Waals surface area contributed by atoms with E-state index in [1.54, 1.807) is 6.20 Å². The normalized spacial score (nSPS) is 7.62. The van der Waals surface area contributed by atoms with Gasteiger partial charge in [0.1, 0.15) is 0 Å². The molecule has 0 N–H and O–H groups in total. The summed E-state index contributed by atoms with van der Waals surface area (Å²) in [5.41, 5.74) is 0.904. The fourth-order valence-electron chi connectivity index (χ4n) is 0.633. The summed E-state index contributed by atoms with van der Waals surface area (Å²) < 4.78 is 0. The van der Waals surface area contributed by atoms with Gasteiger partial charge in [0.05, 0.1) is 5.69 Å². The number of aromatic nitrogens is 2. The Hall–Kier alpha value is -1.44. The van der Waals surface area contributed by atoms with Crippen molar-refractivity contribution < 1.29 is 0 Å². The van der Waals surface area contributed by atoms with Crippen LogP contribution in [0.2, 0.25) is 0 Å². The van der Waals surface area contributed by atoms with Crippen LogP contribution in [0.15, 0.2) is 42.6 Å². The summed E-state index contributed by atoms with van der Waals surface area (Å²) in [5.74, 6) is 0. The summed E-state index contributed by atoms with van der Waals surface area (Å²) in [6.45, 7) is 5.91. The molecule has 2 nitrogen and oxygen atoms in total. The maximum atomic E-state index is 3.90. The second-order valence-electron chi connectivity index (χ2n) is 2.13.